The molecular weight excluding hydrogens is 332 g/mol. The van der Waals surface area contributed by atoms with Crippen molar-refractivity contribution in [2.45, 2.75) is 38.6 Å². The van der Waals surface area contributed by atoms with Gasteiger partial charge in [0.1, 0.15) is 0 Å². The van der Waals surface area contributed by atoms with Crippen LogP contribution in [0.15, 0.2) is 24.3 Å². The van der Waals surface area contributed by atoms with E-state index in [1.54, 1.807) is 7.11 Å². The fourth-order valence-corrected chi connectivity index (χ4v) is 3.31. The Hall–Kier alpha value is -1.96. The maximum absolute atomic E-state index is 9.86. The number of ether oxygens (including phenoxy) is 2. The molecule has 3 atom stereocenters. The SMILES string of the molecule is COCC(O)CCNc1nc2ccccc2nc1N1CC(C)OC(C)C1. The number of para-hydroxylation sites is 2. The quantitative estimate of drug-likeness (QED) is 0.782. The lowest BCUT2D eigenvalue weighted by atomic mass is 10.2. The van der Waals surface area contributed by atoms with E-state index in [4.69, 9.17) is 19.4 Å². The lowest BCUT2D eigenvalue weighted by molar-refractivity contribution is -0.00541. The molecule has 2 N–H and O–H groups in total. The van der Waals surface area contributed by atoms with Gasteiger partial charge in [-0.05, 0) is 32.4 Å². The van der Waals surface area contributed by atoms with E-state index in [-0.39, 0.29) is 12.2 Å². The van der Waals surface area contributed by atoms with E-state index >= 15 is 0 Å². The van der Waals surface area contributed by atoms with E-state index in [0.29, 0.717) is 19.6 Å². The number of fused-ring (bicyclic) bond motifs is 1. The molecule has 0 radical (unpaired) electrons. The van der Waals surface area contributed by atoms with Crippen LogP contribution >= 0.6 is 0 Å². The first kappa shape index (κ1) is 18.8. The third kappa shape index (κ3) is 4.60. The third-order valence-corrected chi connectivity index (χ3v) is 4.40. The number of rotatable bonds is 7. The molecule has 2 heterocycles. The van der Waals surface area contributed by atoms with Gasteiger partial charge in [0.25, 0.3) is 0 Å². The maximum Gasteiger partial charge on any atom is 0.172 e. The van der Waals surface area contributed by atoms with E-state index in [1.165, 1.54) is 0 Å². The minimum Gasteiger partial charge on any atom is -0.391 e. The molecule has 3 rings (SSSR count). The number of benzene rings is 1. The highest BCUT2D eigenvalue weighted by atomic mass is 16.5. The Bertz CT molecular complexity index is 717. The van der Waals surface area contributed by atoms with Crippen molar-refractivity contribution in [2.24, 2.45) is 0 Å². The van der Waals surface area contributed by atoms with Crippen molar-refractivity contribution in [3.8, 4) is 0 Å². The van der Waals surface area contributed by atoms with Crippen LogP contribution in [0.5, 0.6) is 0 Å². The topological polar surface area (TPSA) is 79.7 Å². The molecule has 2 aromatic rings. The molecule has 0 aliphatic carbocycles. The Morgan fingerprint density at radius 1 is 1.23 bits per heavy atom. The number of aliphatic hydroxyl groups is 1. The van der Waals surface area contributed by atoms with Gasteiger partial charge in [0.05, 0.1) is 36.0 Å². The number of aromatic nitrogens is 2. The molecule has 0 spiro atoms. The Kier molecular flexibility index (Phi) is 6.24. The van der Waals surface area contributed by atoms with Crippen molar-refractivity contribution < 1.29 is 14.6 Å². The summed E-state index contributed by atoms with van der Waals surface area (Å²) in [6.45, 7) is 6.63. The molecule has 1 aliphatic rings. The summed E-state index contributed by atoms with van der Waals surface area (Å²) >= 11 is 0. The van der Waals surface area contributed by atoms with Gasteiger partial charge in [0.2, 0.25) is 0 Å². The average Bonchev–Trinajstić information content (AvgIpc) is 2.60. The molecule has 0 saturated carbocycles. The highest BCUT2D eigenvalue weighted by Crippen LogP contribution is 2.27. The van der Waals surface area contributed by atoms with Gasteiger partial charge < -0.3 is 24.8 Å². The predicted octanol–water partition coefficient (Wildman–Crippen LogP) is 2.05. The van der Waals surface area contributed by atoms with Crippen LogP contribution in [0.25, 0.3) is 11.0 Å². The number of morpholine rings is 1. The number of methoxy groups -OCH3 is 1. The van der Waals surface area contributed by atoms with Crippen molar-refractivity contribution in [1.82, 2.24) is 9.97 Å². The van der Waals surface area contributed by atoms with Gasteiger partial charge >= 0.3 is 0 Å². The fraction of sp³-hybridized carbons (Fsp3) is 0.579. The van der Waals surface area contributed by atoms with Gasteiger partial charge in [0.15, 0.2) is 11.6 Å². The van der Waals surface area contributed by atoms with E-state index in [0.717, 1.165) is 35.8 Å². The molecule has 1 saturated heterocycles. The van der Waals surface area contributed by atoms with Crippen LogP contribution in [0.1, 0.15) is 20.3 Å². The van der Waals surface area contributed by atoms with Crippen LogP contribution in [0.4, 0.5) is 11.6 Å². The first-order chi connectivity index (χ1) is 12.6. The molecule has 7 nitrogen and oxygen atoms in total. The minimum absolute atomic E-state index is 0.142. The highest BCUT2D eigenvalue weighted by Gasteiger charge is 2.26. The number of aliphatic hydroxyl groups excluding tert-OH is 1. The Morgan fingerprint density at radius 2 is 1.88 bits per heavy atom. The minimum atomic E-state index is -0.493. The van der Waals surface area contributed by atoms with Crippen LogP contribution in [-0.4, -0.2) is 66.7 Å². The van der Waals surface area contributed by atoms with Crippen molar-refractivity contribution in [3.05, 3.63) is 24.3 Å². The highest BCUT2D eigenvalue weighted by molar-refractivity contribution is 5.80. The summed E-state index contributed by atoms with van der Waals surface area (Å²) in [4.78, 5) is 11.9. The first-order valence-electron chi connectivity index (χ1n) is 9.15. The normalized spacial score (nSPS) is 21.8. The molecule has 0 bridgehead atoms. The third-order valence-electron chi connectivity index (χ3n) is 4.40. The van der Waals surface area contributed by atoms with Crippen molar-refractivity contribution in [1.29, 1.82) is 0 Å². The van der Waals surface area contributed by atoms with Crippen LogP contribution in [0.2, 0.25) is 0 Å². The largest absolute Gasteiger partial charge is 0.391 e. The number of anilines is 2. The zero-order chi connectivity index (χ0) is 18.5. The van der Waals surface area contributed by atoms with Gasteiger partial charge in [-0.3, -0.25) is 0 Å². The first-order valence-corrected chi connectivity index (χ1v) is 9.15. The second-order valence-electron chi connectivity index (χ2n) is 6.87. The van der Waals surface area contributed by atoms with Crippen LogP contribution in [0, 0.1) is 0 Å². The Morgan fingerprint density at radius 3 is 2.54 bits per heavy atom. The lowest BCUT2D eigenvalue weighted by Gasteiger charge is -2.36. The molecule has 3 unspecified atom stereocenters. The number of hydrogen-bond acceptors (Lipinski definition) is 7. The molecule has 7 heteroatoms. The molecule has 0 amide bonds. The summed E-state index contributed by atoms with van der Waals surface area (Å²) in [5.41, 5.74) is 1.73. The summed E-state index contributed by atoms with van der Waals surface area (Å²) < 4.78 is 10.8. The predicted molar refractivity (Wildman–Crippen MR) is 103 cm³/mol. The van der Waals surface area contributed by atoms with Crippen LogP contribution < -0.4 is 10.2 Å². The van der Waals surface area contributed by atoms with Crippen molar-refractivity contribution in [2.75, 3.05) is 43.6 Å². The number of hydrogen-bond donors (Lipinski definition) is 2. The number of nitrogens with one attached hydrogen (secondary N) is 1. The van der Waals surface area contributed by atoms with Gasteiger partial charge in [0, 0.05) is 26.7 Å². The summed E-state index contributed by atoms with van der Waals surface area (Å²) in [5, 5.41) is 13.2. The second-order valence-corrected chi connectivity index (χ2v) is 6.87. The molecule has 26 heavy (non-hydrogen) atoms. The Balaban J connectivity index is 1.84. The lowest BCUT2D eigenvalue weighted by Crippen LogP contribution is -2.46. The van der Waals surface area contributed by atoms with Gasteiger partial charge in [-0.2, -0.15) is 0 Å². The van der Waals surface area contributed by atoms with Gasteiger partial charge in [-0.1, -0.05) is 12.1 Å². The molecular formula is C19H28N4O3. The average molecular weight is 360 g/mol. The second kappa shape index (κ2) is 8.62. The van der Waals surface area contributed by atoms with Gasteiger partial charge in [-0.25, -0.2) is 9.97 Å². The molecule has 1 aromatic heterocycles. The maximum atomic E-state index is 9.86. The standard InChI is InChI=1S/C19H28N4O3/c1-13-10-23(11-14(2)26-13)19-18(20-9-8-15(24)12-25-3)21-16-6-4-5-7-17(16)22-19/h4-7,13-15,24H,8-12H2,1-3H3,(H,20,21). The van der Waals surface area contributed by atoms with E-state index < -0.39 is 6.10 Å². The molecule has 1 aromatic carbocycles. The zero-order valence-electron chi connectivity index (χ0n) is 15.7. The number of nitrogens with zero attached hydrogens (tertiary/aromatic N) is 3. The van der Waals surface area contributed by atoms with Crippen molar-refractivity contribution in [3.63, 3.8) is 0 Å². The summed E-state index contributed by atoms with van der Waals surface area (Å²) in [7, 11) is 1.59. The van der Waals surface area contributed by atoms with Crippen LogP contribution in [-0.2, 0) is 9.47 Å². The Labute approximate surface area is 154 Å². The van der Waals surface area contributed by atoms with Gasteiger partial charge in [-0.15, -0.1) is 0 Å². The van der Waals surface area contributed by atoms with E-state index in [2.05, 4.69) is 24.1 Å². The molecule has 142 valence electrons. The molecule has 1 aliphatic heterocycles. The summed E-state index contributed by atoms with van der Waals surface area (Å²) in [6.07, 6.45) is 0.372. The van der Waals surface area contributed by atoms with E-state index in [1.807, 2.05) is 24.3 Å². The molecule has 1 fully saturated rings. The smallest absolute Gasteiger partial charge is 0.172 e. The van der Waals surface area contributed by atoms with Crippen LogP contribution in [0.3, 0.4) is 0 Å². The zero-order valence-corrected chi connectivity index (χ0v) is 15.7. The monoisotopic (exact) mass is 360 g/mol. The summed E-state index contributed by atoms with van der Waals surface area (Å²) in [5.74, 6) is 1.58. The van der Waals surface area contributed by atoms with E-state index in [9.17, 15) is 5.11 Å². The fourth-order valence-electron chi connectivity index (χ4n) is 3.31. The summed E-state index contributed by atoms with van der Waals surface area (Å²) in [6, 6.07) is 7.87. The van der Waals surface area contributed by atoms with Crippen molar-refractivity contribution >= 4 is 22.7 Å².